The Kier molecular flexibility index (Phi) is 7.69. The summed E-state index contributed by atoms with van der Waals surface area (Å²) < 4.78 is 10.2. The predicted molar refractivity (Wildman–Crippen MR) is 51.6 cm³/mol. The Labute approximate surface area is 80.4 Å². The van der Waals surface area contributed by atoms with Gasteiger partial charge in [-0.15, -0.1) is 0 Å². The van der Waals surface area contributed by atoms with Gasteiger partial charge in [-0.05, 0) is 19.8 Å². The molecule has 0 aliphatic rings. The minimum Gasteiger partial charge on any atom is -0.464 e. The lowest BCUT2D eigenvalue weighted by molar-refractivity contribution is -0.156. The van der Waals surface area contributed by atoms with Crippen LogP contribution in [0.3, 0.4) is 0 Å². The van der Waals surface area contributed by atoms with Gasteiger partial charge in [-0.3, -0.25) is 0 Å². The molecule has 3 heteroatoms. The minimum atomic E-state index is -0.420. The normalized spacial score (nSPS) is 12.5. The summed E-state index contributed by atoms with van der Waals surface area (Å²) in [5.74, 6) is -0.248. The molecule has 0 radical (unpaired) electrons. The van der Waals surface area contributed by atoms with E-state index in [4.69, 9.17) is 9.47 Å². The van der Waals surface area contributed by atoms with Crippen molar-refractivity contribution in [3.63, 3.8) is 0 Å². The monoisotopic (exact) mass is 188 g/mol. The second-order valence-electron chi connectivity index (χ2n) is 3.03. The zero-order chi connectivity index (χ0) is 10.1. The van der Waals surface area contributed by atoms with Crippen molar-refractivity contribution in [3.05, 3.63) is 0 Å². The number of hydrogen-bond acceptors (Lipinski definition) is 3. The highest BCUT2D eigenvalue weighted by Crippen LogP contribution is 1.97. The minimum absolute atomic E-state index is 0.248. The maximum Gasteiger partial charge on any atom is 0.334 e. The van der Waals surface area contributed by atoms with Crippen LogP contribution in [-0.4, -0.2) is 25.3 Å². The molecule has 0 aliphatic carbocycles. The van der Waals surface area contributed by atoms with Gasteiger partial charge < -0.3 is 9.47 Å². The van der Waals surface area contributed by atoms with Crippen molar-refractivity contribution in [3.8, 4) is 0 Å². The first kappa shape index (κ1) is 12.4. The lowest BCUT2D eigenvalue weighted by Crippen LogP contribution is -2.24. The van der Waals surface area contributed by atoms with Gasteiger partial charge in [0.05, 0.1) is 6.61 Å². The van der Waals surface area contributed by atoms with Crippen LogP contribution in [0.5, 0.6) is 0 Å². The van der Waals surface area contributed by atoms with E-state index in [1.54, 1.807) is 6.92 Å². The molecule has 0 aromatic carbocycles. The van der Waals surface area contributed by atoms with E-state index in [0.717, 1.165) is 19.3 Å². The molecule has 1 unspecified atom stereocenters. The smallest absolute Gasteiger partial charge is 0.334 e. The Morgan fingerprint density at radius 1 is 1.23 bits per heavy atom. The third kappa shape index (κ3) is 6.58. The molecule has 1 atom stereocenters. The van der Waals surface area contributed by atoms with Gasteiger partial charge in [-0.2, -0.15) is 0 Å². The number of unbranched alkanes of at least 4 members (excludes halogenated alkanes) is 1. The summed E-state index contributed by atoms with van der Waals surface area (Å²) in [7, 11) is 0. The Bertz CT molecular complexity index is 134. The SMILES string of the molecule is CCCCOC(=O)C(C)OCCC. The number of esters is 1. The molecule has 0 saturated carbocycles. The maximum absolute atomic E-state index is 11.2. The summed E-state index contributed by atoms with van der Waals surface area (Å²) >= 11 is 0. The Balaban J connectivity index is 3.45. The molecule has 78 valence electrons. The summed E-state index contributed by atoms with van der Waals surface area (Å²) in [4.78, 5) is 11.2. The van der Waals surface area contributed by atoms with Gasteiger partial charge >= 0.3 is 5.97 Å². The van der Waals surface area contributed by atoms with Gasteiger partial charge in [-0.25, -0.2) is 4.79 Å². The topological polar surface area (TPSA) is 35.5 Å². The van der Waals surface area contributed by atoms with Gasteiger partial charge in [0.2, 0.25) is 0 Å². The van der Waals surface area contributed by atoms with Crippen LogP contribution in [0.1, 0.15) is 40.0 Å². The summed E-state index contributed by atoms with van der Waals surface area (Å²) in [5.41, 5.74) is 0. The molecule has 0 spiro atoms. The Morgan fingerprint density at radius 3 is 2.46 bits per heavy atom. The van der Waals surface area contributed by atoms with Crippen molar-refractivity contribution in [1.82, 2.24) is 0 Å². The Morgan fingerprint density at radius 2 is 1.92 bits per heavy atom. The van der Waals surface area contributed by atoms with Crippen molar-refractivity contribution in [2.24, 2.45) is 0 Å². The van der Waals surface area contributed by atoms with E-state index in [1.807, 2.05) is 6.92 Å². The number of carbonyl (C=O) groups is 1. The van der Waals surface area contributed by atoms with Crippen molar-refractivity contribution in [2.45, 2.75) is 46.1 Å². The predicted octanol–water partition coefficient (Wildman–Crippen LogP) is 2.14. The average Bonchev–Trinajstić information content (AvgIpc) is 2.14. The van der Waals surface area contributed by atoms with E-state index in [9.17, 15) is 4.79 Å². The van der Waals surface area contributed by atoms with Gasteiger partial charge in [-0.1, -0.05) is 20.3 Å². The molecule has 0 bridgehead atoms. The number of ether oxygens (including phenoxy) is 2. The number of hydrogen-bond donors (Lipinski definition) is 0. The molecule has 0 aromatic rings. The molecule has 0 fully saturated rings. The molecule has 0 amide bonds. The first-order chi connectivity index (χ1) is 6.22. The average molecular weight is 188 g/mol. The second kappa shape index (κ2) is 8.05. The fourth-order valence-electron chi connectivity index (χ4n) is 0.797. The molecule has 3 nitrogen and oxygen atoms in total. The first-order valence-electron chi connectivity index (χ1n) is 5.00. The van der Waals surface area contributed by atoms with Gasteiger partial charge in [0.25, 0.3) is 0 Å². The number of rotatable bonds is 7. The molecule has 0 saturated heterocycles. The fraction of sp³-hybridized carbons (Fsp3) is 0.900. The van der Waals surface area contributed by atoms with E-state index in [-0.39, 0.29) is 5.97 Å². The third-order valence-corrected chi connectivity index (χ3v) is 1.65. The van der Waals surface area contributed by atoms with Crippen molar-refractivity contribution in [1.29, 1.82) is 0 Å². The summed E-state index contributed by atoms with van der Waals surface area (Å²) in [5, 5.41) is 0. The molecule has 13 heavy (non-hydrogen) atoms. The lowest BCUT2D eigenvalue weighted by atomic mass is 10.3. The zero-order valence-corrected chi connectivity index (χ0v) is 8.84. The van der Waals surface area contributed by atoms with Gasteiger partial charge in [0, 0.05) is 6.61 Å². The summed E-state index contributed by atoms with van der Waals surface area (Å²) in [6.07, 6.45) is 2.47. The van der Waals surface area contributed by atoms with Gasteiger partial charge in [0.15, 0.2) is 6.10 Å². The largest absolute Gasteiger partial charge is 0.464 e. The third-order valence-electron chi connectivity index (χ3n) is 1.65. The van der Waals surface area contributed by atoms with Crippen LogP contribution in [0, 0.1) is 0 Å². The van der Waals surface area contributed by atoms with Crippen molar-refractivity contribution >= 4 is 5.97 Å². The molecule has 0 heterocycles. The van der Waals surface area contributed by atoms with Crippen LogP contribution in [0.2, 0.25) is 0 Å². The van der Waals surface area contributed by atoms with E-state index in [2.05, 4.69) is 6.92 Å². The molecular formula is C10H20O3. The van der Waals surface area contributed by atoms with Crippen LogP contribution in [0.25, 0.3) is 0 Å². The summed E-state index contributed by atoms with van der Waals surface area (Å²) in [6.45, 7) is 6.92. The highest BCUT2D eigenvalue weighted by molar-refractivity contribution is 5.74. The van der Waals surface area contributed by atoms with Crippen LogP contribution >= 0.6 is 0 Å². The molecule has 0 rings (SSSR count). The highest BCUT2D eigenvalue weighted by Gasteiger charge is 2.13. The van der Waals surface area contributed by atoms with Crippen LogP contribution < -0.4 is 0 Å². The second-order valence-corrected chi connectivity index (χ2v) is 3.03. The quantitative estimate of drug-likeness (QED) is 0.453. The van der Waals surface area contributed by atoms with Crippen LogP contribution in [0.4, 0.5) is 0 Å². The number of carbonyl (C=O) groups excluding carboxylic acids is 1. The van der Waals surface area contributed by atoms with Crippen LogP contribution in [-0.2, 0) is 14.3 Å². The van der Waals surface area contributed by atoms with Crippen molar-refractivity contribution < 1.29 is 14.3 Å². The lowest BCUT2D eigenvalue weighted by Gasteiger charge is -2.11. The van der Waals surface area contributed by atoms with Gasteiger partial charge in [0.1, 0.15) is 0 Å². The Hall–Kier alpha value is -0.570. The maximum atomic E-state index is 11.2. The first-order valence-corrected chi connectivity index (χ1v) is 5.00. The van der Waals surface area contributed by atoms with Crippen LogP contribution in [0.15, 0.2) is 0 Å². The molecular weight excluding hydrogens is 168 g/mol. The zero-order valence-electron chi connectivity index (χ0n) is 8.84. The van der Waals surface area contributed by atoms with E-state index < -0.39 is 6.10 Å². The molecule has 0 aliphatic heterocycles. The van der Waals surface area contributed by atoms with E-state index in [0.29, 0.717) is 13.2 Å². The summed E-state index contributed by atoms with van der Waals surface area (Å²) in [6, 6.07) is 0. The fourth-order valence-corrected chi connectivity index (χ4v) is 0.797. The van der Waals surface area contributed by atoms with Crippen molar-refractivity contribution in [2.75, 3.05) is 13.2 Å². The van der Waals surface area contributed by atoms with E-state index >= 15 is 0 Å². The van der Waals surface area contributed by atoms with E-state index in [1.165, 1.54) is 0 Å². The highest BCUT2D eigenvalue weighted by atomic mass is 16.6. The molecule has 0 aromatic heterocycles. The standard InChI is InChI=1S/C10H20O3/c1-4-6-8-13-10(11)9(3)12-7-5-2/h9H,4-8H2,1-3H3. The molecule has 0 N–H and O–H groups in total.